The number of benzene rings is 1. The number of carbonyl (C=O) groups excluding carboxylic acids is 1. The van der Waals surface area contributed by atoms with Gasteiger partial charge in [0.2, 0.25) is 0 Å². The second-order valence-corrected chi connectivity index (χ2v) is 6.84. The summed E-state index contributed by atoms with van der Waals surface area (Å²) in [5, 5.41) is 7.55. The number of aryl methyl sites for hydroxylation is 1. The number of amides is 1. The first-order valence-electron chi connectivity index (χ1n) is 7.87. The van der Waals surface area contributed by atoms with Crippen LogP contribution >= 0.6 is 0 Å². The van der Waals surface area contributed by atoms with Crippen LogP contribution in [0.25, 0.3) is 17.1 Å². The van der Waals surface area contributed by atoms with Crippen LogP contribution in [-0.2, 0) is 0 Å². The van der Waals surface area contributed by atoms with Crippen molar-refractivity contribution >= 4 is 5.91 Å². The van der Waals surface area contributed by atoms with E-state index in [4.69, 9.17) is 4.42 Å². The minimum Gasteiger partial charge on any atom is -0.463 e. The summed E-state index contributed by atoms with van der Waals surface area (Å²) in [5.74, 6) is 0.457. The summed E-state index contributed by atoms with van der Waals surface area (Å²) < 4.78 is 7.07. The second kappa shape index (κ2) is 6.00. The summed E-state index contributed by atoms with van der Waals surface area (Å²) in [6, 6.07) is 13.3. The summed E-state index contributed by atoms with van der Waals surface area (Å²) in [7, 11) is 0. The van der Waals surface area contributed by atoms with Gasteiger partial charge in [0.15, 0.2) is 5.76 Å². The molecule has 0 radical (unpaired) electrons. The van der Waals surface area contributed by atoms with Crippen molar-refractivity contribution in [2.45, 2.75) is 33.2 Å². The monoisotopic (exact) mass is 323 g/mol. The highest BCUT2D eigenvalue weighted by Gasteiger charge is 2.22. The molecule has 0 aliphatic rings. The molecule has 2 aromatic heterocycles. The van der Waals surface area contributed by atoms with E-state index in [9.17, 15) is 4.79 Å². The van der Waals surface area contributed by atoms with Gasteiger partial charge in [-0.05, 0) is 52.0 Å². The van der Waals surface area contributed by atoms with Crippen LogP contribution < -0.4 is 5.32 Å². The molecule has 0 bridgehead atoms. The summed E-state index contributed by atoms with van der Waals surface area (Å²) >= 11 is 0. The number of aromatic nitrogens is 2. The van der Waals surface area contributed by atoms with Gasteiger partial charge in [-0.2, -0.15) is 5.10 Å². The van der Waals surface area contributed by atoms with E-state index in [1.54, 1.807) is 23.1 Å². The van der Waals surface area contributed by atoms with Crippen LogP contribution in [0.3, 0.4) is 0 Å². The molecule has 0 aliphatic heterocycles. The average Bonchev–Trinajstić information content (AvgIpc) is 3.15. The molecule has 0 aliphatic carbocycles. The number of nitrogens with one attached hydrogen (secondary N) is 1. The highest BCUT2D eigenvalue weighted by atomic mass is 16.3. The van der Waals surface area contributed by atoms with Gasteiger partial charge in [-0.15, -0.1) is 0 Å². The minimum atomic E-state index is -0.329. The molecule has 0 fully saturated rings. The summed E-state index contributed by atoms with van der Waals surface area (Å²) in [6.45, 7) is 7.87. The number of rotatable bonds is 3. The van der Waals surface area contributed by atoms with Crippen LogP contribution in [-0.4, -0.2) is 21.2 Å². The smallest absolute Gasteiger partial charge is 0.270 e. The number of hydrogen-bond acceptors (Lipinski definition) is 3. The van der Waals surface area contributed by atoms with Gasteiger partial charge in [0.1, 0.15) is 11.4 Å². The van der Waals surface area contributed by atoms with Gasteiger partial charge in [-0.1, -0.05) is 17.7 Å². The Labute approximate surface area is 141 Å². The number of furan rings is 1. The number of hydrogen-bond donors (Lipinski definition) is 1. The maximum Gasteiger partial charge on any atom is 0.270 e. The number of carbonyl (C=O) groups is 1. The molecule has 1 aromatic carbocycles. The molecule has 3 aromatic rings. The predicted octanol–water partition coefficient (Wildman–Crippen LogP) is 3.97. The molecule has 0 spiro atoms. The maximum atomic E-state index is 12.7. The molecule has 124 valence electrons. The van der Waals surface area contributed by atoms with E-state index < -0.39 is 0 Å². The van der Waals surface area contributed by atoms with Crippen molar-refractivity contribution in [2.75, 3.05) is 0 Å². The third-order valence-electron chi connectivity index (χ3n) is 3.48. The van der Waals surface area contributed by atoms with Crippen LogP contribution in [0.1, 0.15) is 36.8 Å². The van der Waals surface area contributed by atoms with E-state index in [1.807, 2.05) is 58.0 Å². The molecule has 2 heterocycles. The molecular weight excluding hydrogens is 302 g/mol. The van der Waals surface area contributed by atoms with Gasteiger partial charge in [0, 0.05) is 11.6 Å². The van der Waals surface area contributed by atoms with Gasteiger partial charge >= 0.3 is 0 Å². The molecule has 1 amide bonds. The highest BCUT2D eigenvalue weighted by molar-refractivity contribution is 5.94. The zero-order valence-corrected chi connectivity index (χ0v) is 14.3. The fourth-order valence-corrected chi connectivity index (χ4v) is 2.37. The van der Waals surface area contributed by atoms with Gasteiger partial charge in [0.05, 0.1) is 12.0 Å². The second-order valence-electron chi connectivity index (χ2n) is 6.84. The zero-order chi connectivity index (χ0) is 17.3. The number of nitrogens with zero attached hydrogens (tertiary/aromatic N) is 2. The van der Waals surface area contributed by atoms with Crippen molar-refractivity contribution in [3.8, 4) is 17.1 Å². The Balaban J connectivity index is 2.08. The first kappa shape index (κ1) is 16.1. The molecule has 5 nitrogen and oxygen atoms in total. The van der Waals surface area contributed by atoms with Gasteiger partial charge in [0.25, 0.3) is 5.91 Å². The third-order valence-corrected chi connectivity index (χ3v) is 3.48. The highest BCUT2D eigenvalue weighted by Crippen LogP contribution is 2.23. The molecule has 0 saturated carbocycles. The van der Waals surface area contributed by atoms with Crippen molar-refractivity contribution in [1.29, 1.82) is 0 Å². The topological polar surface area (TPSA) is 60.1 Å². The van der Waals surface area contributed by atoms with Crippen LogP contribution in [0.15, 0.2) is 53.1 Å². The largest absolute Gasteiger partial charge is 0.463 e. The van der Waals surface area contributed by atoms with E-state index in [1.165, 1.54) is 0 Å². The van der Waals surface area contributed by atoms with Crippen molar-refractivity contribution < 1.29 is 9.21 Å². The van der Waals surface area contributed by atoms with Crippen molar-refractivity contribution in [1.82, 2.24) is 15.1 Å². The normalized spacial score (nSPS) is 11.5. The Hall–Kier alpha value is -2.82. The van der Waals surface area contributed by atoms with Crippen LogP contribution in [0, 0.1) is 6.92 Å². The molecule has 0 saturated heterocycles. The van der Waals surface area contributed by atoms with Crippen LogP contribution in [0.2, 0.25) is 0 Å². The van der Waals surface area contributed by atoms with E-state index in [0.29, 0.717) is 17.1 Å². The summed E-state index contributed by atoms with van der Waals surface area (Å²) in [5.41, 5.74) is 2.75. The minimum absolute atomic E-state index is 0.173. The average molecular weight is 323 g/mol. The third kappa shape index (κ3) is 3.40. The lowest BCUT2D eigenvalue weighted by atomic mass is 10.1. The van der Waals surface area contributed by atoms with Crippen molar-refractivity contribution in [3.63, 3.8) is 0 Å². The molecule has 5 heteroatoms. The summed E-state index contributed by atoms with van der Waals surface area (Å²) in [6.07, 6.45) is 1.59. The van der Waals surface area contributed by atoms with Crippen LogP contribution in [0.5, 0.6) is 0 Å². The lowest BCUT2D eigenvalue weighted by molar-refractivity contribution is 0.0911. The molecular formula is C19H21N3O2. The molecule has 3 rings (SSSR count). The Morgan fingerprint density at radius 1 is 1.17 bits per heavy atom. The molecule has 0 atom stereocenters. The lowest BCUT2D eigenvalue weighted by Gasteiger charge is -2.20. The fourth-order valence-electron chi connectivity index (χ4n) is 2.37. The SMILES string of the molecule is Cc1ccc(-n2nc(-c3ccco3)cc2C(=O)NC(C)(C)C)cc1. The van der Waals surface area contributed by atoms with E-state index in [0.717, 1.165) is 11.3 Å². The standard InChI is InChI=1S/C19H21N3O2/c1-13-7-9-14(10-8-13)22-16(18(23)20-19(2,3)4)12-15(21-22)17-6-5-11-24-17/h5-12H,1-4H3,(H,20,23). The van der Waals surface area contributed by atoms with Gasteiger partial charge in [-0.25, -0.2) is 4.68 Å². The fraction of sp³-hybridized carbons (Fsp3) is 0.263. The molecule has 1 N–H and O–H groups in total. The van der Waals surface area contributed by atoms with Gasteiger partial charge in [-0.3, -0.25) is 4.79 Å². The molecule has 24 heavy (non-hydrogen) atoms. The van der Waals surface area contributed by atoms with E-state index in [2.05, 4.69) is 10.4 Å². The Morgan fingerprint density at radius 3 is 2.46 bits per heavy atom. The quantitative estimate of drug-likeness (QED) is 0.793. The first-order chi connectivity index (χ1) is 11.3. The van der Waals surface area contributed by atoms with E-state index in [-0.39, 0.29) is 11.4 Å². The Kier molecular flexibility index (Phi) is 4.01. The predicted molar refractivity (Wildman–Crippen MR) is 93.2 cm³/mol. The van der Waals surface area contributed by atoms with Crippen LogP contribution in [0.4, 0.5) is 0 Å². The summed E-state index contributed by atoms with van der Waals surface area (Å²) in [4.78, 5) is 12.7. The lowest BCUT2D eigenvalue weighted by Crippen LogP contribution is -2.41. The zero-order valence-electron chi connectivity index (χ0n) is 14.3. The first-order valence-corrected chi connectivity index (χ1v) is 7.87. The van der Waals surface area contributed by atoms with E-state index >= 15 is 0 Å². The molecule has 0 unspecified atom stereocenters. The van der Waals surface area contributed by atoms with Crippen molar-refractivity contribution in [3.05, 3.63) is 60.0 Å². The maximum absolute atomic E-state index is 12.7. The van der Waals surface area contributed by atoms with Gasteiger partial charge < -0.3 is 9.73 Å². The van der Waals surface area contributed by atoms with Crippen molar-refractivity contribution in [2.24, 2.45) is 0 Å². The Morgan fingerprint density at radius 2 is 1.88 bits per heavy atom. The Bertz CT molecular complexity index is 838.